The van der Waals surface area contributed by atoms with Crippen molar-refractivity contribution in [3.05, 3.63) is 125 Å². The number of carboxylic acid groups (broad SMARTS) is 1. The Hall–Kier alpha value is -4.41. The van der Waals surface area contributed by atoms with E-state index in [0.29, 0.717) is 6.54 Å². The molecule has 1 saturated heterocycles. The number of aliphatic hydroxyl groups is 1. The molecule has 0 radical (unpaired) electrons. The molecule has 1 aliphatic rings. The van der Waals surface area contributed by atoms with Crippen LogP contribution >= 0.6 is 0 Å². The van der Waals surface area contributed by atoms with E-state index in [-0.39, 0.29) is 43.5 Å². The van der Waals surface area contributed by atoms with E-state index < -0.39 is 12.3 Å². The number of aliphatic carboxylic acids is 1. The third kappa shape index (κ3) is 9.33. The second-order valence-electron chi connectivity index (χ2n) is 12.1. The quantitative estimate of drug-likeness (QED) is 0.161. The first-order valence-corrected chi connectivity index (χ1v) is 16.1. The summed E-state index contributed by atoms with van der Waals surface area (Å²) in [7, 11) is 2.11. The van der Waals surface area contributed by atoms with Crippen molar-refractivity contribution in [1.82, 2.24) is 15.2 Å². The zero-order valence-corrected chi connectivity index (χ0v) is 26.9. The number of nitrogens with zero attached hydrogens (tertiary/aromatic N) is 2. The molecule has 1 aromatic heterocycles. The van der Waals surface area contributed by atoms with Gasteiger partial charge in [-0.3, -0.25) is 14.6 Å². The van der Waals surface area contributed by atoms with Gasteiger partial charge in [-0.2, -0.15) is 0 Å². The molecule has 1 fully saturated rings. The Kier molecular flexibility index (Phi) is 11.9. The van der Waals surface area contributed by atoms with Gasteiger partial charge in [0.2, 0.25) is 5.91 Å². The van der Waals surface area contributed by atoms with Gasteiger partial charge in [0.05, 0.1) is 25.2 Å². The predicted octanol–water partition coefficient (Wildman–Crippen LogP) is 5.69. The average molecular weight is 638 g/mol. The van der Waals surface area contributed by atoms with E-state index in [1.54, 1.807) is 0 Å². The number of hydrogen-bond donors (Lipinski definition) is 3. The smallest absolute Gasteiger partial charge is 0.303 e. The lowest BCUT2D eigenvalue weighted by Gasteiger charge is -2.42. The van der Waals surface area contributed by atoms with Crippen molar-refractivity contribution in [2.75, 3.05) is 20.1 Å². The van der Waals surface area contributed by atoms with Crippen LogP contribution in [0.4, 0.5) is 0 Å². The number of ether oxygens (including phenoxy) is 2. The molecule has 4 atom stereocenters. The highest BCUT2D eigenvalue weighted by atomic mass is 16.7. The molecule has 3 aromatic carbocycles. The first-order chi connectivity index (χ1) is 22.8. The topological polar surface area (TPSA) is 121 Å². The molecule has 9 nitrogen and oxygen atoms in total. The maximum atomic E-state index is 12.1. The van der Waals surface area contributed by atoms with Crippen LogP contribution in [0.15, 0.2) is 97.2 Å². The number of amides is 1. The van der Waals surface area contributed by atoms with Crippen LogP contribution in [-0.2, 0) is 38.6 Å². The van der Waals surface area contributed by atoms with Gasteiger partial charge in [0.1, 0.15) is 0 Å². The summed E-state index contributed by atoms with van der Waals surface area (Å²) in [5.74, 6) is -1.22. The van der Waals surface area contributed by atoms with Crippen molar-refractivity contribution >= 4 is 11.9 Å². The van der Waals surface area contributed by atoms with E-state index in [2.05, 4.69) is 29.2 Å². The molecule has 1 amide bonds. The Labute approximate surface area is 276 Å². The lowest BCUT2D eigenvalue weighted by atomic mass is 9.90. The van der Waals surface area contributed by atoms with Gasteiger partial charge in [0, 0.05) is 55.8 Å². The minimum Gasteiger partial charge on any atom is -0.481 e. The maximum absolute atomic E-state index is 12.1. The third-order valence-corrected chi connectivity index (χ3v) is 8.64. The van der Waals surface area contributed by atoms with Gasteiger partial charge in [-0.05, 0) is 47.0 Å². The predicted molar refractivity (Wildman–Crippen MR) is 179 cm³/mol. The summed E-state index contributed by atoms with van der Waals surface area (Å²) in [6, 6.07) is 29.8. The fourth-order valence-corrected chi connectivity index (χ4v) is 5.86. The molecule has 0 aliphatic carbocycles. The number of likely N-dealkylation sites (N-methyl/N-ethyl adjacent to an activating group) is 1. The minimum absolute atomic E-state index is 0.0106. The highest BCUT2D eigenvalue weighted by molar-refractivity contribution is 5.80. The van der Waals surface area contributed by atoms with E-state index in [4.69, 9.17) is 14.6 Å². The summed E-state index contributed by atoms with van der Waals surface area (Å²) in [4.78, 5) is 29.7. The summed E-state index contributed by atoms with van der Waals surface area (Å²) in [6.07, 6.45) is 1.52. The normalized spacial score (nSPS) is 19.4. The van der Waals surface area contributed by atoms with Crippen LogP contribution in [0.5, 0.6) is 0 Å². The van der Waals surface area contributed by atoms with Gasteiger partial charge in [-0.15, -0.1) is 0 Å². The third-order valence-electron chi connectivity index (χ3n) is 8.64. The van der Waals surface area contributed by atoms with Gasteiger partial charge >= 0.3 is 5.97 Å². The van der Waals surface area contributed by atoms with Crippen molar-refractivity contribution in [1.29, 1.82) is 0 Å². The zero-order valence-electron chi connectivity index (χ0n) is 26.9. The molecule has 5 rings (SSSR count). The highest BCUT2D eigenvalue weighted by Gasteiger charge is 2.38. The monoisotopic (exact) mass is 637 g/mol. The SMILES string of the molecule is CC1C(CN(C)CCc2ccccn2)OC(c2ccc(-c3ccccc3CNC(=O)CCC(=O)O)cc2)OC1c1ccc(CO)cc1. The Morgan fingerprint density at radius 2 is 1.62 bits per heavy atom. The van der Waals surface area contributed by atoms with Gasteiger partial charge in [0.25, 0.3) is 0 Å². The molecular formula is C38H43N3O6. The fourth-order valence-electron chi connectivity index (χ4n) is 5.86. The summed E-state index contributed by atoms with van der Waals surface area (Å²) >= 11 is 0. The maximum Gasteiger partial charge on any atom is 0.303 e. The number of benzene rings is 3. The number of aromatic nitrogens is 1. The second kappa shape index (κ2) is 16.4. The van der Waals surface area contributed by atoms with Gasteiger partial charge in [0.15, 0.2) is 6.29 Å². The number of carbonyl (C=O) groups excluding carboxylic acids is 1. The summed E-state index contributed by atoms with van der Waals surface area (Å²) in [6.45, 7) is 4.03. The van der Waals surface area contributed by atoms with Crippen molar-refractivity contribution in [3.8, 4) is 11.1 Å². The number of aliphatic hydroxyl groups excluding tert-OH is 1. The van der Waals surface area contributed by atoms with E-state index >= 15 is 0 Å². The molecule has 0 saturated carbocycles. The lowest BCUT2D eigenvalue weighted by molar-refractivity contribution is -0.275. The molecule has 0 spiro atoms. The zero-order chi connectivity index (χ0) is 33.2. The van der Waals surface area contributed by atoms with Crippen molar-refractivity contribution in [2.45, 2.75) is 57.8 Å². The van der Waals surface area contributed by atoms with E-state index in [1.165, 1.54) is 0 Å². The lowest BCUT2D eigenvalue weighted by Crippen LogP contribution is -2.43. The number of hydrogen-bond acceptors (Lipinski definition) is 7. The standard InChI is InChI=1S/C38H43N3O6/c1-26-34(24-41(2)22-20-32-8-5-6-21-39-32)46-38(47-37(26)29-12-10-27(25-42)11-13-29)30-16-14-28(15-17-30)33-9-4-3-7-31(33)23-40-35(43)18-19-36(44)45/h3-17,21,26,34,37-38,42H,18-20,22-25H2,1-2H3,(H,40,43)(H,44,45). The van der Waals surface area contributed by atoms with Crippen LogP contribution in [0.3, 0.4) is 0 Å². The fraction of sp³-hybridized carbons (Fsp3) is 0.342. The summed E-state index contributed by atoms with van der Waals surface area (Å²) in [5.41, 5.74) is 6.75. The number of carbonyl (C=O) groups is 2. The van der Waals surface area contributed by atoms with Gasteiger partial charge in [-0.1, -0.05) is 85.8 Å². The first-order valence-electron chi connectivity index (χ1n) is 16.1. The molecule has 4 aromatic rings. The number of rotatable bonds is 14. The molecule has 0 bridgehead atoms. The number of carboxylic acids is 1. The Balaban J connectivity index is 1.32. The molecule has 47 heavy (non-hydrogen) atoms. The van der Waals surface area contributed by atoms with Gasteiger partial charge < -0.3 is 29.9 Å². The van der Waals surface area contributed by atoms with E-state index in [9.17, 15) is 14.7 Å². The number of pyridine rings is 1. The molecule has 1 aliphatic heterocycles. The largest absolute Gasteiger partial charge is 0.481 e. The van der Waals surface area contributed by atoms with Crippen LogP contribution < -0.4 is 5.32 Å². The van der Waals surface area contributed by atoms with Crippen LogP contribution in [-0.4, -0.2) is 58.2 Å². The van der Waals surface area contributed by atoms with Crippen LogP contribution in [0.1, 0.15) is 60.1 Å². The van der Waals surface area contributed by atoms with Crippen molar-refractivity contribution in [3.63, 3.8) is 0 Å². The van der Waals surface area contributed by atoms with E-state index in [0.717, 1.165) is 58.6 Å². The van der Waals surface area contributed by atoms with E-state index in [1.807, 2.05) is 97.2 Å². The molecule has 4 unspecified atom stereocenters. The van der Waals surface area contributed by atoms with Gasteiger partial charge in [-0.25, -0.2) is 0 Å². The average Bonchev–Trinajstić information content (AvgIpc) is 3.10. The molecule has 2 heterocycles. The Bertz CT molecular complexity index is 1600. The minimum atomic E-state index is -0.995. The molecule has 3 N–H and O–H groups in total. The van der Waals surface area contributed by atoms with Crippen molar-refractivity contribution in [2.24, 2.45) is 5.92 Å². The van der Waals surface area contributed by atoms with Crippen LogP contribution in [0.2, 0.25) is 0 Å². The molecule has 9 heteroatoms. The summed E-state index contributed by atoms with van der Waals surface area (Å²) < 4.78 is 13.3. The molecule has 246 valence electrons. The Morgan fingerprint density at radius 1 is 0.894 bits per heavy atom. The van der Waals surface area contributed by atoms with Crippen molar-refractivity contribution < 1.29 is 29.3 Å². The summed E-state index contributed by atoms with van der Waals surface area (Å²) in [5, 5.41) is 21.3. The highest BCUT2D eigenvalue weighted by Crippen LogP contribution is 2.42. The van der Waals surface area contributed by atoms with Crippen LogP contribution in [0, 0.1) is 5.92 Å². The first kappa shape index (κ1) is 33.9. The second-order valence-corrected chi connectivity index (χ2v) is 12.1. The molecular weight excluding hydrogens is 594 g/mol. The van der Waals surface area contributed by atoms with Crippen LogP contribution in [0.25, 0.3) is 11.1 Å². The number of nitrogens with one attached hydrogen (secondary N) is 1. The Morgan fingerprint density at radius 3 is 2.32 bits per heavy atom.